The fourth-order valence-electron chi connectivity index (χ4n) is 4.00. The third-order valence-electron chi connectivity index (χ3n) is 5.83. The van der Waals surface area contributed by atoms with E-state index in [-0.39, 0.29) is 4.90 Å². The van der Waals surface area contributed by atoms with Crippen LogP contribution in [0.5, 0.6) is 5.75 Å². The van der Waals surface area contributed by atoms with Crippen LogP contribution in [0.1, 0.15) is 25.7 Å². The summed E-state index contributed by atoms with van der Waals surface area (Å²) in [4.78, 5) is 10.9. The van der Waals surface area contributed by atoms with E-state index in [0.717, 1.165) is 43.7 Å². The summed E-state index contributed by atoms with van der Waals surface area (Å²) in [6.07, 6.45) is 8.06. The van der Waals surface area contributed by atoms with Gasteiger partial charge in [-0.3, -0.25) is 0 Å². The van der Waals surface area contributed by atoms with E-state index in [1.165, 1.54) is 25.0 Å². The number of primary sulfonamides is 1. The maximum atomic E-state index is 11.3. The SMILES string of the molecule is NS(=O)(=O)c1ccc(OC[C@H]2C[C@@H]2CC2CCN(c3ncc(Cl)cn3)CC2)cc1. The Labute approximate surface area is 176 Å². The molecule has 2 atom stereocenters. The van der Waals surface area contributed by atoms with Gasteiger partial charge in [-0.25, -0.2) is 23.5 Å². The number of benzene rings is 1. The van der Waals surface area contributed by atoms with E-state index in [2.05, 4.69) is 14.9 Å². The molecule has 4 rings (SSSR count). The Bertz CT molecular complexity index is 929. The van der Waals surface area contributed by atoms with Crippen LogP contribution < -0.4 is 14.8 Å². The summed E-state index contributed by atoms with van der Waals surface area (Å²) in [5, 5.41) is 5.67. The first kappa shape index (κ1) is 20.4. The predicted molar refractivity (Wildman–Crippen MR) is 112 cm³/mol. The second-order valence-corrected chi connectivity index (χ2v) is 9.95. The molecule has 1 aliphatic carbocycles. The number of halogens is 1. The molecule has 0 radical (unpaired) electrons. The summed E-state index contributed by atoms with van der Waals surface area (Å²) >= 11 is 5.86. The van der Waals surface area contributed by atoms with Crippen LogP contribution >= 0.6 is 11.6 Å². The van der Waals surface area contributed by atoms with Gasteiger partial charge in [0, 0.05) is 13.1 Å². The third kappa shape index (κ3) is 5.38. The van der Waals surface area contributed by atoms with Crippen molar-refractivity contribution in [3.63, 3.8) is 0 Å². The molecule has 2 aliphatic rings. The molecule has 9 heteroatoms. The van der Waals surface area contributed by atoms with Crippen LogP contribution in [0.3, 0.4) is 0 Å². The molecule has 1 saturated heterocycles. The lowest BCUT2D eigenvalue weighted by atomic mass is 9.91. The minimum absolute atomic E-state index is 0.101. The number of hydrogen-bond acceptors (Lipinski definition) is 6. The van der Waals surface area contributed by atoms with Gasteiger partial charge < -0.3 is 9.64 Å². The van der Waals surface area contributed by atoms with Gasteiger partial charge in [0.25, 0.3) is 0 Å². The van der Waals surface area contributed by atoms with Crippen LogP contribution in [-0.4, -0.2) is 38.1 Å². The maximum absolute atomic E-state index is 11.3. The summed E-state index contributed by atoms with van der Waals surface area (Å²) < 4.78 is 28.4. The number of anilines is 1. The molecule has 1 aromatic heterocycles. The molecule has 2 fully saturated rings. The van der Waals surface area contributed by atoms with E-state index >= 15 is 0 Å². The van der Waals surface area contributed by atoms with Gasteiger partial charge >= 0.3 is 0 Å². The smallest absolute Gasteiger partial charge is 0.238 e. The highest BCUT2D eigenvalue weighted by Crippen LogP contribution is 2.45. The van der Waals surface area contributed by atoms with E-state index in [1.54, 1.807) is 24.5 Å². The molecule has 0 unspecified atom stereocenters. The second kappa shape index (κ2) is 8.45. The van der Waals surface area contributed by atoms with E-state index in [0.29, 0.717) is 23.3 Å². The monoisotopic (exact) mass is 436 g/mol. The number of nitrogens with zero attached hydrogens (tertiary/aromatic N) is 3. The van der Waals surface area contributed by atoms with E-state index in [9.17, 15) is 8.42 Å². The normalized spacial score (nSPS) is 22.5. The van der Waals surface area contributed by atoms with Crippen LogP contribution in [0.25, 0.3) is 0 Å². The van der Waals surface area contributed by atoms with E-state index in [1.807, 2.05) is 0 Å². The van der Waals surface area contributed by atoms with Gasteiger partial charge in [-0.15, -0.1) is 0 Å². The van der Waals surface area contributed by atoms with Gasteiger partial charge in [-0.2, -0.15) is 0 Å². The zero-order chi connectivity index (χ0) is 20.4. The van der Waals surface area contributed by atoms with Crippen molar-refractivity contribution in [2.75, 3.05) is 24.6 Å². The lowest BCUT2D eigenvalue weighted by Crippen LogP contribution is -2.35. The molecule has 2 aromatic rings. The highest BCUT2D eigenvalue weighted by Gasteiger charge is 2.39. The third-order valence-corrected chi connectivity index (χ3v) is 6.95. The van der Waals surface area contributed by atoms with E-state index < -0.39 is 10.0 Å². The molecule has 0 spiro atoms. The van der Waals surface area contributed by atoms with Crippen molar-refractivity contribution in [3.8, 4) is 5.75 Å². The quantitative estimate of drug-likeness (QED) is 0.716. The molecule has 2 heterocycles. The molecule has 0 bridgehead atoms. The number of sulfonamides is 1. The highest BCUT2D eigenvalue weighted by atomic mass is 35.5. The Morgan fingerprint density at radius 3 is 2.38 bits per heavy atom. The number of piperidine rings is 1. The number of rotatable bonds is 7. The Morgan fingerprint density at radius 1 is 1.10 bits per heavy atom. The maximum Gasteiger partial charge on any atom is 0.238 e. The Hall–Kier alpha value is -1.90. The van der Waals surface area contributed by atoms with Gasteiger partial charge in [0.05, 0.1) is 28.9 Å². The van der Waals surface area contributed by atoms with Crippen LogP contribution in [0.4, 0.5) is 5.95 Å². The molecule has 29 heavy (non-hydrogen) atoms. The zero-order valence-electron chi connectivity index (χ0n) is 16.1. The predicted octanol–water partition coefficient (Wildman–Crippen LogP) is 3.10. The van der Waals surface area contributed by atoms with Crippen LogP contribution in [-0.2, 0) is 10.0 Å². The average Bonchev–Trinajstić information content (AvgIpc) is 3.45. The van der Waals surface area contributed by atoms with Crippen molar-refractivity contribution in [2.24, 2.45) is 22.9 Å². The van der Waals surface area contributed by atoms with Gasteiger partial charge in [0.1, 0.15) is 5.75 Å². The lowest BCUT2D eigenvalue weighted by Gasteiger charge is -2.32. The standard InChI is InChI=1S/C20H25ClN4O3S/c21-17-11-23-20(24-12-17)25-7-5-14(6-8-25)9-15-10-16(15)13-28-18-1-3-19(4-2-18)29(22,26)27/h1-4,11-12,14-16H,5-10,13H2,(H2,22,26,27)/t15-,16+/m0/s1. The summed E-state index contributed by atoms with van der Waals surface area (Å²) in [6.45, 7) is 2.64. The number of ether oxygens (including phenoxy) is 1. The first-order chi connectivity index (χ1) is 13.9. The Balaban J connectivity index is 1.18. The number of nitrogens with two attached hydrogens (primary N) is 1. The molecule has 2 N–H and O–H groups in total. The van der Waals surface area contributed by atoms with Crippen molar-refractivity contribution in [1.29, 1.82) is 0 Å². The topological polar surface area (TPSA) is 98.4 Å². The molecular weight excluding hydrogens is 412 g/mol. The van der Waals surface area contributed by atoms with E-state index in [4.69, 9.17) is 21.5 Å². The molecular formula is C20H25ClN4O3S. The van der Waals surface area contributed by atoms with Crippen LogP contribution in [0.15, 0.2) is 41.6 Å². The fraction of sp³-hybridized carbons (Fsp3) is 0.500. The first-order valence-electron chi connectivity index (χ1n) is 9.86. The lowest BCUT2D eigenvalue weighted by molar-refractivity contribution is 0.279. The van der Waals surface area contributed by atoms with Crippen molar-refractivity contribution in [3.05, 3.63) is 41.7 Å². The molecule has 0 amide bonds. The Kier molecular flexibility index (Phi) is 5.94. The first-order valence-corrected chi connectivity index (χ1v) is 11.8. The summed E-state index contributed by atoms with van der Waals surface area (Å²) in [5.74, 6) is 3.49. The zero-order valence-corrected chi connectivity index (χ0v) is 17.6. The van der Waals surface area contributed by atoms with Gasteiger partial charge in [-0.1, -0.05) is 11.6 Å². The van der Waals surface area contributed by atoms with Crippen molar-refractivity contribution in [2.45, 2.75) is 30.6 Å². The second-order valence-electron chi connectivity index (χ2n) is 7.95. The summed E-state index contributed by atoms with van der Waals surface area (Å²) in [7, 11) is -3.66. The van der Waals surface area contributed by atoms with Crippen molar-refractivity contribution < 1.29 is 13.2 Å². The van der Waals surface area contributed by atoms with Gasteiger partial charge in [0.2, 0.25) is 16.0 Å². The van der Waals surface area contributed by atoms with Crippen molar-refractivity contribution >= 4 is 27.6 Å². The molecule has 7 nitrogen and oxygen atoms in total. The summed E-state index contributed by atoms with van der Waals surface area (Å²) in [6, 6.07) is 6.28. The largest absolute Gasteiger partial charge is 0.493 e. The average molecular weight is 437 g/mol. The minimum Gasteiger partial charge on any atom is -0.493 e. The summed E-state index contributed by atoms with van der Waals surface area (Å²) in [5.41, 5.74) is 0. The molecule has 1 aliphatic heterocycles. The van der Waals surface area contributed by atoms with Crippen LogP contribution in [0.2, 0.25) is 5.02 Å². The molecule has 1 aromatic carbocycles. The van der Waals surface area contributed by atoms with Gasteiger partial charge in [0.15, 0.2) is 0 Å². The van der Waals surface area contributed by atoms with Crippen LogP contribution in [0, 0.1) is 17.8 Å². The number of hydrogen-bond donors (Lipinski definition) is 1. The minimum atomic E-state index is -3.66. The number of aromatic nitrogens is 2. The molecule has 1 saturated carbocycles. The fourth-order valence-corrected chi connectivity index (χ4v) is 4.61. The van der Waals surface area contributed by atoms with Crippen molar-refractivity contribution in [1.82, 2.24) is 9.97 Å². The Morgan fingerprint density at radius 2 is 1.76 bits per heavy atom. The molecule has 156 valence electrons. The van der Waals surface area contributed by atoms with Gasteiger partial charge in [-0.05, 0) is 67.7 Å². The highest BCUT2D eigenvalue weighted by molar-refractivity contribution is 7.89.